The van der Waals surface area contributed by atoms with E-state index in [4.69, 9.17) is 0 Å². The molecular weight excluding hydrogens is 236 g/mol. The summed E-state index contributed by atoms with van der Waals surface area (Å²) in [5, 5.41) is 3.13. The highest BCUT2D eigenvalue weighted by Crippen LogP contribution is 2.21. The highest BCUT2D eigenvalue weighted by atomic mass is 16.1. The van der Waals surface area contributed by atoms with Crippen LogP contribution in [-0.2, 0) is 4.79 Å². The summed E-state index contributed by atoms with van der Waals surface area (Å²) >= 11 is 0. The number of piperidine rings is 1. The molecule has 1 saturated heterocycles. The number of carbonyl (C=O) groups is 1. The van der Waals surface area contributed by atoms with E-state index in [2.05, 4.69) is 36.2 Å². The molecule has 0 radical (unpaired) electrons. The first kappa shape index (κ1) is 14.6. The van der Waals surface area contributed by atoms with Crippen LogP contribution in [-0.4, -0.2) is 36.0 Å². The smallest absolute Gasteiger partial charge is 0.220 e. The van der Waals surface area contributed by atoms with E-state index < -0.39 is 0 Å². The summed E-state index contributed by atoms with van der Waals surface area (Å²) in [5.41, 5.74) is 0.0849. The summed E-state index contributed by atoms with van der Waals surface area (Å²) in [6.45, 7) is 7.60. The third-order valence-corrected chi connectivity index (χ3v) is 4.49. The lowest BCUT2D eigenvalue weighted by Crippen LogP contribution is -2.53. The molecule has 1 fully saturated rings. The number of amides is 1. The maximum Gasteiger partial charge on any atom is 0.220 e. The Kier molecular flexibility index (Phi) is 5.03. The number of likely N-dealkylation sites (tertiary alicyclic amines) is 1. The first-order valence-electron chi connectivity index (χ1n) is 7.76. The Hall–Kier alpha value is -0.830. The van der Waals surface area contributed by atoms with E-state index in [-0.39, 0.29) is 11.4 Å². The van der Waals surface area contributed by atoms with Gasteiger partial charge in [0.15, 0.2) is 0 Å². The molecule has 2 rings (SSSR count). The Morgan fingerprint density at radius 1 is 1.32 bits per heavy atom. The molecule has 19 heavy (non-hydrogen) atoms. The van der Waals surface area contributed by atoms with Gasteiger partial charge in [0.25, 0.3) is 0 Å². The summed E-state index contributed by atoms with van der Waals surface area (Å²) in [7, 11) is 0. The minimum atomic E-state index is 0.0849. The minimum Gasteiger partial charge on any atom is -0.354 e. The Morgan fingerprint density at radius 3 is 2.68 bits per heavy atom. The maximum atomic E-state index is 12.0. The summed E-state index contributed by atoms with van der Waals surface area (Å²) < 4.78 is 0. The molecule has 0 aromatic rings. The lowest BCUT2D eigenvalue weighted by molar-refractivity contribution is -0.122. The molecule has 0 saturated carbocycles. The first-order valence-corrected chi connectivity index (χ1v) is 7.76. The molecule has 108 valence electrons. The molecule has 3 heteroatoms. The quantitative estimate of drug-likeness (QED) is 0.774. The van der Waals surface area contributed by atoms with Crippen LogP contribution in [0.15, 0.2) is 12.2 Å². The van der Waals surface area contributed by atoms with Crippen LogP contribution in [0, 0.1) is 5.92 Å². The standard InChI is InChI=1S/C16H28N2O/c1-16(2,18-10-6-3-7-11-18)13-17-15(19)12-14-8-4-5-9-14/h4,8,14H,3,5-7,9-13H2,1-2H3,(H,17,19). The minimum absolute atomic E-state index is 0.0849. The molecule has 1 atom stereocenters. The number of nitrogens with zero attached hydrogens (tertiary/aromatic N) is 1. The number of rotatable bonds is 5. The molecule has 0 aromatic heterocycles. The maximum absolute atomic E-state index is 12.0. The van der Waals surface area contributed by atoms with Crippen LogP contribution in [0.3, 0.4) is 0 Å². The van der Waals surface area contributed by atoms with Gasteiger partial charge in [0.2, 0.25) is 5.91 Å². The lowest BCUT2D eigenvalue weighted by Gasteiger charge is -2.41. The van der Waals surface area contributed by atoms with Gasteiger partial charge in [-0.2, -0.15) is 0 Å². The summed E-state index contributed by atoms with van der Waals surface area (Å²) in [6.07, 6.45) is 11.3. The highest BCUT2D eigenvalue weighted by Gasteiger charge is 2.28. The topological polar surface area (TPSA) is 32.3 Å². The van der Waals surface area contributed by atoms with Gasteiger partial charge >= 0.3 is 0 Å². The van der Waals surface area contributed by atoms with Crippen LogP contribution in [0.2, 0.25) is 0 Å². The number of hydrogen-bond donors (Lipinski definition) is 1. The van der Waals surface area contributed by atoms with Crippen molar-refractivity contribution in [3.63, 3.8) is 0 Å². The van der Waals surface area contributed by atoms with E-state index in [1.807, 2.05) is 0 Å². The van der Waals surface area contributed by atoms with Crippen LogP contribution in [0.4, 0.5) is 0 Å². The molecule has 1 aliphatic heterocycles. The van der Waals surface area contributed by atoms with Crippen molar-refractivity contribution in [1.82, 2.24) is 10.2 Å². The van der Waals surface area contributed by atoms with Gasteiger partial charge in [-0.25, -0.2) is 0 Å². The zero-order chi connectivity index (χ0) is 13.7. The molecule has 0 spiro atoms. The average Bonchev–Trinajstić information content (AvgIpc) is 2.90. The fourth-order valence-electron chi connectivity index (χ4n) is 3.10. The Bertz CT molecular complexity index is 330. The highest BCUT2D eigenvalue weighted by molar-refractivity contribution is 5.76. The molecule has 1 aliphatic carbocycles. The molecule has 1 heterocycles. The van der Waals surface area contributed by atoms with Gasteiger partial charge < -0.3 is 5.32 Å². The van der Waals surface area contributed by atoms with Crippen molar-refractivity contribution in [2.24, 2.45) is 5.92 Å². The van der Waals surface area contributed by atoms with Crippen molar-refractivity contribution < 1.29 is 4.79 Å². The van der Waals surface area contributed by atoms with E-state index in [0.717, 1.165) is 19.4 Å². The van der Waals surface area contributed by atoms with Gasteiger partial charge in [-0.3, -0.25) is 9.69 Å². The summed E-state index contributed by atoms with van der Waals surface area (Å²) in [5.74, 6) is 0.680. The monoisotopic (exact) mass is 264 g/mol. The van der Waals surface area contributed by atoms with Crippen molar-refractivity contribution in [1.29, 1.82) is 0 Å². The second kappa shape index (κ2) is 6.56. The fourth-order valence-corrected chi connectivity index (χ4v) is 3.10. The van der Waals surface area contributed by atoms with Crippen molar-refractivity contribution in [3.8, 4) is 0 Å². The molecule has 3 nitrogen and oxygen atoms in total. The third-order valence-electron chi connectivity index (χ3n) is 4.49. The van der Waals surface area contributed by atoms with Crippen molar-refractivity contribution >= 4 is 5.91 Å². The summed E-state index contributed by atoms with van der Waals surface area (Å²) in [4.78, 5) is 14.5. The number of carbonyl (C=O) groups excluding carboxylic acids is 1. The van der Waals surface area contributed by atoms with Crippen LogP contribution >= 0.6 is 0 Å². The predicted octanol–water partition coefficient (Wildman–Crippen LogP) is 2.72. The van der Waals surface area contributed by atoms with Crippen molar-refractivity contribution in [3.05, 3.63) is 12.2 Å². The number of hydrogen-bond acceptors (Lipinski definition) is 2. The summed E-state index contributed by atoms with van der Waals surface area (Å²) in [6, 6.07) is 0. The van der Waals surface area contributed by atoms with E-state index >= 15 is 0 Å². The first-order chi connectivity index (χ1) is 9.08. The number of nitrogens with one attached hydrogen (secondary N) is 1. The molecule has 1 N–H and O–H groups in total. The average molecular weight is 264 g/mol. The normalized spacial score (nSPS) is 24.6. The van der Waals surface area contributed by atoms with E-state index in [0.29, 0.717) is 12.3 Å². The second-order valence-corrected chi connectivity index (χ2v) is 6.61. The van der Waals surface area contributed by atoms with Crippen LogP contribution in [0.1, 0.15) is 52.4 Å². The Balaban J connectivity index is 1.73. The van der Waals surface area contributed by atoms with Gasteiger partial charge in [-0.15, -0.1) is 0 Å². The van der Waals surface area contributed by atoms with Crippen LogP contribution < -0.4 is 5.32 Å². The molecule has 2 aliphatic rings. The number of allylic oxidation sites excluding steroid dienone is 2. The largest absolute Gasteiger partial charge is 0.354 e. The molecular formula is C16H28N2O. The zero-order valence-corrected chi connectivity index (χ0v) is 12.5. The van der Waals surface area contributed by atoms with Crippen LogP contribution in [0.25, 0.3) is 0 Å². The Labute approximate surface area is 117 Å². The van der Waals surface area contributed by atoms with Gasteiger partial charge in [0, 0.05) is 18.5 Å². The van der Waals surface area contributed by atoms with Gasteiger partial charge in [-0.1, -0.05) is 18.6 Å². The Morgan fingerprint density at radius 2 is 2.05 bits per heavy atom. The van der Waals surface area contributed by atoms with Crippen LogP contribution in [0.5, 0.6) is 0 Å². The molecule has 1 unspecified atom stereocenters. The lowest BCUT2D eigenvalue weighted by atomic mass is 9.98. The fraction of sp³-hybridized carbons (Fsp3) is 0.812. The van der Waals surface area contributed by atoms with Crippen molar-refractivity contribution in [2.75, 3.05) is 19.6 Å². The second-order valence-electron chi connectivity index (χ2n) is 6.61. The predicted molar refractivity (Wildman–Crippen MR) is 79.0 cm³/mol. The van der Waals surface area contributed by atoms with Gasteiger partial charge in [-0.05, 0) is 58.5 Å². The van der Waals surface area contributed by atoms with Gasteiger partial charge in [0.05, 0.1) is 0 Å². The van der Waals surface area contributed by atoms with E-state index in [1.54, 1.807) is 0 Å². The SMILES string of the molecule is CC(C)(CNC(=O)CC1C=CCC1)N1CCCCC1. The van der Waals surface area contributed by atoms with E-state index in [1.165, 1.54) is 32.4 Å². The molecule has 1 amide bonds. The van der Waals surface area contributed by atoms with Gasteiger partial charge in [0.1, 0.15) is 0 Å². The third kappa shape index (κ3) is 4.34. The zero-order valence-electron chi connectivity index (χ0n) is 12.5. The molecule has 0 aromatic carbocycles. The van der Waals surface area contributed by atoms with E-state index in [9.17, 15) is 4.79 Å². The molecule has 0 bridgehead atoms. The van der Waals surface area contributed by atoms with Crippen molar-refractivity contribution in [2.45, 2.75) is 57.9 Å².